The van der Waals surface area contributed by atoms with Crippen molar-refractivity contribution >= 4 is 35.2 Å². The molecule has 2 heterocycles. The van der Waals surface area contributed by atoms with E-state index >= 15 is 0 Å². The highest BCUT2D eigenvalue weighted by Gasteiger charge is 2.27. The molecule has 11 heteroatoms. The van der Waals surface area contributed by atoms with Crippen molar-refractivity contribution in [3.8, 4) is 11.1 Å². The minimum absolute atomic E-state index is 0.166. The molecule has 1 aliphatic heterocycles. The van der Waals surface area contributed by atoms with E-state index in [9.17, 15) is 4.79 Å². The van der Waals surface area contributed by atoms with Crippen LogP contribution in [0, 0.1) is 0 Å². The van der Waals surface area contributed by atoms with Gasteiger partial charge in [-0.2, -0.15) is 0 Å². The van der Waals surface area contributed by atoms with Crippen molar-refractivity contribution in [1.29, 1.82) is 0 Å². The average Bonchev–Trinajstić information content (AvgIpc) is 2.90. The van der Waals surface area contributed by atoms with Crippen LogP contribution in [0.5, 0.6) is 0 Å². The molecule has 2 amide bonds. The van der Waals surface area contributed by atoms with Gasteiger partial charge in [-0.05, 0) is 41.4 Å². The Morgan fingerprint density at radius 1 is 1.05 bits per heavy atom. The number of ether oxygens (including phenoxy) is 2. The zero-order valence-corrected chi connectivity index (χ0v) is 22.8. The lowest BCUT2D eigenvalue weighted by Gasteiger charge is -2.33. The Hall–Kier alpha value is -2.95. The highest BCUT2D eigenvalue weighted by Crippen LogP contribution is 2.39. The number of rotatable bonds is 12. The molecule has 1 atom stereocenters. The van der Waals surface area contributed by atoms with Crippen LogP contribution in [0.2, 0.25) is 10.0 Å². The van der Waals surface area contributed by atoms with Gasteiger partial charge < -0.3 is 30.7 Å². The molecule has 202 valence electrons. The van der Waals surface area contributed by atoms with Gasteiger partial charge in [0.1, 0.15) is 0 Å². The van der Waals surface area contributed by atoms with Crippen LogP contribution < -0.4 is 16.4 Å². The van der Waals surface area contributed by atoms with Crippen LogP contribution in [0.1, 0.15) is 22.6 Å². The van der Waals surface area contributed by atoms with Gasteiger partial charge in [-0.1, -0.05) is 47.5 Å². The number of primary amides is 1. The summed E-state index contributed by atoms with van der Waals surface area (Å²) in [6, 6.07) is 11.8. The number of hydrogen-bond donors (Lipinski definition) is 3. The summed E-state index contributed by atoms with van der Waals surface area (Å²) in [5.74, 6) is 0.702. The van der Waals surface area contributed by atoms with Crippen LogP contribution in [-0.4, -0.2) is 74.0 Å². The number of carbonyl (C=O) groups is 1. The van der Waals surface area contributed by atoms with E-state index in [0.717, 1.165) is 29.8 Å². The third-order valence-electron chi connectivity index (χ3n) is 6.21. The quantitative estimate of drug-likeness (QED) is 0.286. The van der Waals surface area contributed by atoms with Crippen LogP contribution in [0.4, 0.5) is 10.7 Å². The Labute approximate surface area is 232 Å². The maximum Gasteiger partial charge on any atom is 0.312 e. The van der Waals surface area contributed by atoms with Gasteiger partial charge in [0.2, 0.25) is 5.95 Å². The molecule has 0 spiro atoms. The monoisotopic (exact) mass is 558 g/mol. The number of urea groups is 1. The largest absolute Gasteiger partial charge is 0.377 e. The number of hydrogen-bond acceptors (Lipinski definition) is 7. The highest BCUT2D eigenvalue weighted by molar-refractivity contribution is 6.35. The molecule has 0 aliphatic carbocycles. The van der Waals surface area contributed by atoms with Crippen LogP contribution in [-0.2, 0) is 16.0 Å². The smallest absolute Gasteiger partial charge is 0.312 e. The normalized spacial score (nSPS) is 15.2. The molecule has 0 fully saturated rings. The van der Waals surface area contributed by atoms with Gasteiger partial charge >= 0.3 is 6.03 Å². The van der Waals surface area contributed by atoms with Crippen molar-refractivity contribution in [2.45, 2.75) is 12.5 Å². The number of fused-ring (bicyclic) bond motifs is 1. The molecular weight excluding hydrogens is 527 g/mol. The van der Waals surface area contributed by atoms with Crippen molar-refractivity contribution in [3.05, 3.63) is 75.5 Å². The van der Waals surface area contributed by atoms with E-state index < -0.39 is 6.03 Å². The number of halogens is 2. The van der Waals surface area contributed by atoms with Crippen LogP contribution in [0.25, 0.3) is 11.1 Å². The molecule has 9 nitrogen and oxygen atoms in total. The number of nitrogens with zero attached hydrogens (tertiary/aromatic N) is 3. The van der Waals surface area contributed by atoms with E-state index in [1.807, 2.05) is 24.5 Å². The molecule has 0 bridgehead atoms. The summed E-state index contributed by atoms with van der Waals surface area (Å²) in [5, 5.41) is 6.98. The summed E-state index contributed by atoms with van der Waals surface area (Å²) in [7, 11) is 2.11. The summed E-state index contributed by atoms with van der Waals surface area (Å²) in [6.07, 6.45) is 3.63. The van der Waals surface area contributed by atoms with Crippen molar-refractivity contribution in [2.24, 2.45) is 5.73 Å². The van der Waals surface area contributed by atoms with E-state index in [1.54, 1.807) is 0 Å². The number of nitrogens with one attached hydrogen (secondary N) is 2. The molecule has 0 unspecified atom stereocenters. The topological polar surface area (TPSA) is 115 Å². The van der Waals surface area contributed by atoms with E-state index in [4.69, 9.17) is 38.4 Å². The summed E-state index contributed by atoms with van der Waals surface area (Å²) in [6.45, 7) is 4.40. The molecule has 4 N–H and O–H groups in total. The fourth-order valence-electron chi connectivity index (χ4n) is 4.44. The standard InChI is InChI=1S/C27H32Cl2N6O3/c1-35-16-23(22-12-21(28)13-25(29)24(22)17-35)19-4-2-3-18(11-19)20-14-33-27(34-15-20)32-6-8-38-10-9-37-7-5-31-26(30)36/h2-4,11-15,23H,5-10,16-17H2,1H3,(H3,30,31,36)(H,32,33,34)/t23-/m0/s1. The Balaban J connectivity index is 1.29. The van der Waals surface area contributed by atoms with E-state index in [2.05, 4.69) is 56.8 Å². The van der Waals surface area contributed by atoms with Crippen molar-refractivity contribution < 1.29 is 14.3 Å². The highest BCUT2D eigenvalue weighted by atomic mass is 35.5. The number of likely N-dealkylation sites (N-methyl/N-ethyl adjacent to an activating group) is 1. The van der Waals surface area contributed by atoms with Gasteiger partial charge in [0.05, 0.1) is 26.4 Å². The lowest BCUT2D eigenvalue weighted by Crippen LogP contribution is -2.32. The Bertz CT molecular complexity index is 1230. The van der Waals surface area contributed by atoms with Crippen LogP contribution in [0.3, 0.4) is 0 Å². The lowest BCUT2D eigenvalue weighted by molar-refractivity contribution is 0.0533. The first-order chi connectivity index (χ1) is 18.4. The van der Waals surface area contributed by atoms with Gasteiger partial charge in [-0.3, -0.25) is 0 Å². The molecule has 38 heavy (non-hydrogen) atoms. The van der Waals surface area contributed by atoms with Gasteiger partial charge in [0, 0.05) is 60.1 Å². The molecule has 1 aliphatic rings. The average molecular weight is 559 g/mol. The zero-order valence-electron chi connectivity index (χ0n) is 21.3. The van der Waals surface area contributed by atoms with E-state index in [0.29, 0.717) is 55.5 Å². The number of nitrogens with two attached hydrogens (primary N) is 1. The SMILES string of the molecule is CN1Cc2c(Cl)cc(Cl)cc2[C@H](c2cccc(-c3cnc(NCCOCCOCCNC(N)=O)nc3)c2)C1. The minimum Gasteiger partial charge on any atom is -0.377 e. The number of aromatic nitrogens is 2. The van der Waals surface area contributed by atoms with Gasteiger partial charge in [0.25, 0.3) is 0 Å². The fraction of sp³-hybridized carbons (Fsp3) is 0.370. The predicted octanol–water partition coefficient (Wildman–Crippen LogP) is 4.14. The molecule has 0 saturated carbocycles. The molecular formula is C27H32Cl2N6O3. The molecule has 2 aromatic carbocycles. The summed E-state index contributed by atoms with van der Waals surface area (Å²) < 4.78 is 10.8. The van der Waals surface area contributed by atoms with E-state index in [-0.39, 0.29) is 5.92 Å². The Morgan fingerprint density at radius 3 is 2.53 bits per heavy atom. The molecule has 4 rings (SSSR count). The van der Waals surface area contributed by atoms with E-state index in [1.165, 1.54) is 11.1 Å². The maximum atomic E-state index is 10.6. The second-order valence-corrected chi connectivity index (χ2v) is 9.91. The lowest BCUT2D eigenvalue weighted by atomic mass is 9.84. The predicted molar refractivity (Wildman–Crippen MR) is 150 cm³/mol. The van der Waals surface area contributed by atoms with Crippen LogP contribution in [0.15, 0.2) is 48.8 Å². The van der Waals surface area contributed by atoms with Crippen molar-refractivity contribution in [3.63, 3.8) is 0 Å². The second kappa shape index (κ2) is 13.7. The first-order valence-electron chi connectivity index (χ1n) is 12.4. The van der Waals surface area contributed by atoms with Gasteiger partial charge in [-0.25, -0.2) is 14.8 Å². The molecule has 0 radical (unpaired) electrons. The summed E-state index contributed by atoms with van der Waals surface area (Å²) in [4.78, 5) is 21.8. The fourth-order valence-corrected chi connectivity index (χ4v) is 5.01. The number of anilines is 1. The molecule has 0 saturated heterocycles. The van der Waals surface area contributed by atoms with Crippen LogP contribution >= 0.6 is 23.2 Å². The van der Waals surface area contributed by atoms with Crippen molar-refractivity contribution in [2.75, 3.05) is 58.4 Å². The summed E-state index contributed by atoms with van der Waals surface area (Å²) in [5.41, 5.74) is 10.5. The second-order valence-electron chi connectivity index (χ2n) is 9.07. The number of amides is 2. The molecule has 1 aromatic heterocycles. The third-order valence-corrected chi connectivity index (χ3v) is 6.77. The Morgan fingerprint density at radius 2 is 1.79 bits per heavy atom. The number of benzene rings is 2. The van der Waals surface area contributed by atoms with Gasteiger partial charge in [0.15, 0.2) is 0 Å². The Kier molecular flexibility index (Phi) is 10.1. The first-order valence-corrected chi connectivity index (χ1v) is 13.2. The molecule has 3 aromatic rings. The minimum atomic E-state index is -0.560. The number of carbonyl (C=O) groups excluding carboxylic acids is 1. The summed E-state index contributed by atoms with van der Waals surface area (Å²) >= 11 is 12.9. The van der Waals surface area contributed by atoms with Gasteiger partial charge in [-0.15, -0.1) is 0 Å². The third kappa shape index (κ3) is 7.78. The van der Waals surface area contributed by atoms with Crippen molar-refractivity contribution in [1.82, 2.24) is 20.2 Å². The maximum absolute atomic E-state index is 10.6. The zero-order chi connectivity index (χ0) is 26.9. The first kappa shape index (κ1) is 28.1.